The lowest BCUT2D eigenvalue weighted by Crippen LogP contribution is -2.34. The van der Waals surface area contributed by atoms with E-state index in [-0.39, 0.29) is 12.1 Å². The molecule has 1 fully saturated rings. The number of nitrogens with one attached hydrogen (secondary N) is 1. The third kappa shape index (κ3) is 2.73. The van der Waals surface area contributed by atoms with Crippen LogP contribution in [0.2, 0.25) is 0 Å². The summed E-state index contributed by atoms with van der Waals surface area (Å²) in [5.74, 6) is 0. The molecule has 0 saturated heterocycles. The van der Waals surface area contributed by atoms with Gasteiger partial charge in [-0.15, -0.1) is 0 Å². The average molecular weight is 220 g/mol. The fourth-order valence-electron chi connectivity index (χ4n) is 1.91. The van der Waals surface area contributed by atoms with Gasteiger partial charge in [0.1, 0.15) is 6.10 Å². The number of rotatable bonds is 2. The SMILES string of the molecule is NC1CCCC1OC(=O)Nc1ccccc1. The molecule has 0 bridgehead atoms. The number of carbonyl (C=O) groups is 1. The molecule has 86 valence electrons. The molecular formula is C12H16N2O2. The molecule has 2 unspecified atom stereocenters. The molecule has 0 spiro atoms. The topological polar surface area (TPSA) is 64.3 Å². The second-order valence-corrected chi connectivity index (χ2v) is 4.03. The Kier molecular flexibility index (Phi) is 3.41. The molecule has 0 aromatic heterocycles. The number of hydrogen-bond donors (Lipinski definition) is 2. The third-order valence-corrected chi connectivity index (χ3v) is 2.78. The minimum Gasteiger partial charge on any atom is -0.444 e. The second kappa shape index (κ2) is 4.99. The summed E-state index contributed by atoms with van der Waals surface area (Å²) < 4.78 is 5.25. The van der Waals surface area contributed by atoms with Crippen molar-refractivity contribution in [3.63, 3.8) is 0 Å². The van der Waals surface area contributed by atoms with E-state index in [1.54, 1.807) is 0 Å². The quantitative estimate of drug-likeness (QED) is 0.802. The van der Waals surface area contributed by atoms with Crippen LogP contribution in [0.25, 0.3) is 0 Å². The van der Waals surface area contributed by atoms with Crippen molar-refractivity contribution in [2.24, 2.45) is 5.73 Å². The van der Waals surface area contributed by atoms with Crippen LogP contribution in [0, 0.1) is 0 Å². The predicted molar refractivity (Wildman–Crippen MR) is 62.2 cm³/mol. The Hall–Kier alpha value is -1.55. The van der Waals surface area contributed by atoms with Crippen molar-refractivity contribution in [1.82, 2.24) is 0 Å². The molecular weight excluding hydrogens is 204 g/mol. The van der Waals surface area contributed by atoms with Gasteiger partial charge in [0.2, 0.25) is 0 Å². The van der Waals surface area contributed by atoms with Gasteiger partial charge in [-0.3, -0.25) is 5.32 Å². The van der Waals surface area contributed by atoms with Crippen LogP contribution in [0.1, 0.15) is 19.3 Å². The first kappa shape index (κ1) is 11.0. The molecule has 16 heavy (non-hydrogen) atoms. The van der Waals surface area contributed by atoms with Gasteiger partial charge in [0, 0.05) is 11.7 Å². The third-order valence-electron chi connectivity index (χ3n) is 2.78. The lowest BCUT2D eigenvalue weighted by Gasteiger charge is -2.16. The molecule has 1 saturated carbocycles. The molecule has 4 nitrogen and oxygen atoms in total. The van der Waals surface area contributed by atoms with Crippen molar-refractivity contribution < 1.29 is 9.53 Å². The van der Waals surface area contributed by atoms with Gasteiger partial charge in [0.15, 0.2) is 0 Å². The van der Waals surface area contributed by atoms with E-state index in [2.05, 4.69) is 5.32 Å². The van der Waals surface area contributed by atoms with Gasteiger partial charge < -0.3 is 10.5 Å². The van der Waals surface area contributed by atoms with Crippen molar-refractivity contribution >= 4 is 11.8 Å². The molecule has 1 aromatic carbocycles. The van der Waals surface area contributed by atoms with E-state index in [9.17, 15) is 4.79 Å². The van der Waals surface area contributed by atoms with Gasteiger partial charge in [-0.1, -0.05) is 18.2 Å². The Balaban J connectivity index is 1.85. The Bertz CT molecular complexity index is 353. The number of ether oxygens (including phenoxy) is 1. The van der Waals surface area contributed by atoms with Gasteiger partial charge in [-0.2, -0.15) is 0 Å². The number of anilines is 1. The van der Waals surface area contributed by atoms with E-state index in [0.717, 1.165) is 24.9 Å². The molecule has 0 heterocycles. The van der Waals surface area contributed by atoms with Crippen LogP contribution in [0.5, 0.6) is 0 Å². The summed E-state index contributed by atoms with van der Waals surface area (Å²) in [5.41, 5.74) is 6.55. The Morgan fingerprint density at radius 1 is 1.31 bits per heavy atom. The van der Waals surface area contributed by atoms with Crippen LogP contribution in [-0.4, -0.2) is 18.2 Å². The molecule has 1 aliphatic carbocycles. The number of para-hydroxylation sites is 1. The minimum atomic E-state index is -0.423. The molecule has 4 heteroatoms. The van der Waals surface area contributed by atoms with E-state index in [1.807, 2.05) is 30.3 Å². The van der Waals surface area contributed by atoms with E-state index < -0.39 is 6.09 Å². The van der Waals surface area contributed by atoms with Crippen molar-refractivity contribution in [2.45, 2.75) is 31.4 Å². The highest BCUT2D eigenvalue weighted by molar-refractivity contribution is 5.84. The normalized spacial score (nSPS) is 24.1. The summed E-state index contributed by atoms with van der Waals surface area (Å²) >= 11 is 0. The number of carbonyl (C=O) groups excluding carboxylic acids is 1. The van der Waals surface area contributed by atoms with Gasteiger partial charge in [-0.05, 0) is 31.4 Å². The van der Waals surface area contributed by atoms with Gasteiger partial charge in [0.05, 0.1) is 0 Å². The zero-order valence-corrected chi connectivity index (χ0v) is 9.06. The average Bonchev–Trinajstić information content (AvgIpc) is 2.66. The maximum absolute atomic E-state index is 11.5. The number of amides is 1. The van der Waals surface area contributed by atoms with E-state index in [4.69, 9.17) is 10.5 Å². The Labute approximate surface area is 94.8 Å². The molecule has 0 radical (unpaired) electrons. The second-order valence-electron chi connectivity index (χ2n) is 4.03. The Morgan fingerprint density at radius 3 is 2.69 bits per heavy atom. The molecule has 2 rings (SSSR count). The zero-order chi connectivity index (χ0) is 11.4. The highest BCUT2D eigenvalue weighted by atomic mass is 16.6. The fraction of sp³-hybridized carbons (Fsp3) is 0.417. The van der Waals surface area contributed by atoms with E-state index in [1.165, 1.54) is 0 Å². The molecule has 0 aliphatic heterocycles. The number of benzene rings is 1. The first-order chi connectivity index (χ1) is 7.75. The Morgan fingerprint density at radius 2 is 2.06 bits per heavy atom. The van der Waals surface area contributed by atoms with Gasteiger partial charge >= 0.3 is 6.09 Å². The summed E-state index contributed by atoms with van der Waals surface area (Å²) in [4.78, 5) is 11.5. The van der Waals surface area contributed by atoms with Crippen molar-refractivity contribution in [2.75, 3.05) is 5.32 Å². The van der Waals surface area contributed by atoms with E-state index in [0.29, 0.717) is 0 Å². The summed E-state index contributed by atoms with van der Waals surface area (Å²) in [5, 5.41) is 2.67. The van der Waals surface area contributed by atoms with Crippen LogP contribution in [0.3, 0.4) is 0 Å². The summed E-state index contributed by atoms with van der Waals surface area (Å²) in [6.45, 7) is 0. The lowest BCUT2D eigenvalue weighted by molar-refractivity contribution is 0.105. The van der Waals surface area contributed by atoms with Crippen LogP contribution >= 0.6 is 0 Å². The molecule has 3 N–H and O–H groups in total. The maximum Gasteiger partial charge on any atom is 0.411 e. The van der Waals surface area contributed by atoms with Crippen LogP contribution in [0.4, 0.5) is 10.5 Å². The lowest BCUT2D eigenvalue weighted by atomic mass is 10.2. The number of hydrogen-bond acceptors (Lipinski definition) is 3. The van der Waals surface area contributed by atoms with Gasteiger partial charge in [-0.25, -0.2) is 4.79 Å². The van der Waals surface area contributed by atoms with E-state index >= 15 is 0 Å². The smallest absolute Gasteiger partial charge is 0.411 e. The van der Waals surface area contributed by atoms with Crippen LogP contribution in [0.15, 0.2) is 30.3 Å². The summed E-state index contributed by atoms with van der Waals surface area (Å²) in [6.07, 6.45) is 2.27. The number of nitrogens with two attached hydrogens (primary N) is 1. The minimum absolute atomic E-state index is 0.0125. The van der Waals surface area contributed by atoms with Crippen LogP contribution < -0.4 is 11.1 Å². The predicted octanol–water partition coefficient (Wildman–Crippen LogP) is 2.11. The molecule has 1 amide bonds. The first-order valence-corrected chi connectivity index (χ1v) is 5.54. The maximum atomic E-state index is 11.5. The van der Waals surface area contributed by atoms with Crippen molar-refractivity contribution in [3.8, 4) is 0 Å². The fourth-order valence-corrected chi connectivity index (χ4v) is 1.91. The van der Waals surface area contributed by atoms with Gasteiger partial charge in [0.25, 0.3) is 0 Å². The highest BCUT2D eigenvalue weighted by Crippen LogP contribution is 2.20. The molecule has 1 aromatic rings. The van der Waals surface area contributed by atoms with Crippen molar-refractivity contribution in [1.29, 1.82) is 0 Å². The standard InChI is InChI=1S/C12H16N2O2/c13-10-7-4-8-11(10)16-12(15)14-9-5-2-1-3-6-9/h1-3,5-6,10-11H,4,7-8,13H2,(H,14,15). The summed E-state index contributed by atoms with van der Waals surface area (Å²) in [7, 11) is 0. The van der Waals surface area contributed by atoms with Crippen LogP contribution in [-0.2, 0) is 4.74 Å². The zero-order valence-electron chi connectivity index (χ0n) is 9.06. The summed E-state index contributed by atoms with van der Waals surface area (Å²) in [6, 6.07) is 9.23. The molecule has 1 aliphatic rings. The first-order valence-electron chi connectivity index (χ1n) is 5.54. The monoisotopic (exact) mass is 220 g/mol. The highest BCUT2D eigenvalue weighted by Gasteiger charge is 2.27. The van der Waals surface area contributed by atoms with Crippen molar-refractivity contribution in [3.05, 3.63) is 30.3 Å². The molecule has 2 atom stereocenters. The largest absolute Gasteiger partial charge is 0.444 e.